The van der Waals surface area contributed by atoms with Crippen LogP contribution in [0.25, 0.3) is 0 Å². The van der Waals surface area contributed by atoms with Crippen molar-refractivity contribution in [1.82, 2.24) is 10.6 Å². The maximum absolute atomic E-state index is 12.4. The van der Waals surface area contributed by atoms with Crippen LogP contribution in [-0.4, -0.2) is 72.6 Å². The lowest BCUT2D eigenvalue weighted by atomic mass is 10.1. The van der Waals surface area contributed by atoms with E-state index < -0.39 is 24.0 Å². The van der Waals surface area contributed by atoms with Gasteiger partial charge in [-0.15, -0.1) is 0 Å². The number of methoxy groups -OCH3 is 1. The van der Waals surface area contributed by atoms with Crippen molar-refractivity contribution in [2.75, 3.05) is 31.7 Å². The zero-order valence-corrected chi connectivity index (χ0v) is 26.8. The van der Waals surface area contributed by atoms with E-state index in [1.807, 2.05) is 0 Å². The van der Waals surface area contributed by atoms with Crippen molar-refractivity contribution >= 4 is 45.3 Å². The van der Waals surface area contributed by atoms with Crippen LogP contribution in [0.5, 0.6) is 0 Å². The first-order chi connectivity index (χ1) is 19.8. The number of carbonyl (C=O) groups is 4. The van der Waals surface area contributed by atoms with Crippen molar-refractivity contribution in [3.05, 3.63) is 0 Å². The molecule has 10 nitrogen and oxygen atoms in total. The van der Waals surface area contributed by atoms with Gasteiger partial charge in [-0.25, -0.2) is 9.59 Å². The van der Waals surface area contributed by atoms with Crippen molar-refractivity contribution in [3.8, 4) is 0 Å². The minimum atomic E-state index is -1.10. The molecule has 12 heteroatoms. The van der Waals surface area contributed by atoms with Gasteiger partial charge in [-0.05, 0) is 38.8 Å². The highest BCUT2D eigenvalue weighted by molar-refractivity contribution is 8.76. The first-order valence-corrected chi connectivity index (χ1v) is 17.9. The molecule has 0 saturated heterocycles. The Morgan fingerprint density at radius 1 is 0.610 bits per heavy atom. The third kappa shape index (κ3) is 24.8. The monoisotopic (exact) mass is 620 g/mol. The minimum Gasteiger partial charge on any atom is -0.480 e. The SMILES string of the molecule is COC(=O)C(CSSCC(NC(=O)CCCCCCCCCCN)C(=O)O)NC(=O)CCCCCCCCCCN. The van der Waals surface area contributed by atoms with Gasteiger partial charge < -0.3 is 31.9 Å². The Hall–Kier alpha value is -1.50. The maximum atomic E-state index is 12.4. The van der Waals surface area contributed by atoms with Gasteiger partial charge in [0.2, 0.25) is 11.8 Å². The van der Waals surface area contributed by atoms with Crippen LogP contribution in [0.2, 0.25) is 0 Å². The third-order valence-corrected chi connectivity index (χ3v) is 9.14. The number of amides is 2. The number of carboxylic acid groups (broad SMARTS) is 1. The average molecular weight is 621 g/mol. The van der Waals surface area contributed by atoms with Crippen LogP contribution in [0.4, 0.5) is 0 Å². The lowest BCUT2D eigenvalue weighted by molar-refractivity contribution is -0.144. The molecule has 41 heavy (non-hydrogen) atoms. The quantitative estimate of drug-likeness (QED) is 0.0454. The van der Waals surface area contributed by atoms with Crippen molar-refractivity contribution in [3.63, 3.8) is 0 Å². The highest BCUT2D eigenvalue weighted by atomic mass is 33.1. The normalized spacial score (nSPS) is 12.5. The molecule has 0 saturated carbocycles. The Labute approximate surface area is 255 Å². The van der Waals surface area contributed by atoms with Gasteiger partial charge in [0.1, 0.15) is 12.1 Å². The molecule has 0 radical (unpaired) electrons. The van der Waals surface area contributed by atoms with Crippen LogP contribution in [0, 0.1) is 0 Å². The number of aliphatic carboxylic acids is 1. The minimum absolute atomic E-state index is 0.141. The molecule has 0 aromatic rings. The summed E-state index contributed by atoms with van der Waals surface area (Å²) in [6, 6.07) is -1.83. The smallest absolute Gasteiger partial charge is 0.329 e. The number of rotatable bonds is 29. The molecule has 2 unspecified atom stereocenters. The zero-order chi connectivity index (χ0) is 30.6. The lowest BCUT2D eigenvalue weighted by Gasteiger charge is -2.17. The molecule has 0 rings (SSSR count). The van der Waals surface area contributed by atoms with E-state index in [9.17, 15) is 24.3 Å². The van der Waals surface area contributed by atoms with Crippen molar-refractivity contribution in [1.29, 1.82) is 0 Å². The Morgan fingerprint density at radius 3 is 1.32 bits per heavy atom. The van der Waals surface area contributed by atoms with Gasteiger partial charge >= 0.3 is 11.9 Å². The van der Waals surface area contributed by atoms with Crippen molar-refractivity contribution < 1.29 is 29.0 Å². The second-order valence-electron chi connectivity index (χ2n) is 10.4. The fourth-order valence-electron chi connectivity index (χ4n) is 4.23. The summed E-state index contributed by atoms with van der Waals surface area (Å²) in [5, 5.41) is 14.8. The first kappa shape index (κ1) is 39.5. The second-order valence-corrected chi connectivity index (χ2v) is 13.0. The van der Waals surface area contributed by atoms with Crippen LogP contribution in [0.15, 0.2) is 0 Å². The Morgan fingerprint density at radius 2 is 0.951 bits per heavy atom. The number of carboxylic acids is 1. The van der Waals surface area contributed by atoms with E-state index in [0.717, 1.165) is 77.3 Å². The summed E-state index contributed by atoms with van der Waals surface area (Å²) in [6.07, 6.45) is 17.8. The molecule has 2 atom stereocenters. The van der Waals surface area contributed by atoms with Crippen molar-refractivity contribution in [2.45, 2.75) is 128 Å². The molecular weight excluding hydrogens is 564 g/mol. The Balaban J connectivity index is 4.18. The van der Waals surface area contributed by atoms with Gasteiger partial charge in [-0.1, -0.05) is 98.6 Å². The van der Waals surface area contributed by atoms with E-state index >= 15 is 0 Å². The maximum Gasteiger partial charge on any atom is 0.329 e. The predicted octanol–water partition coefficient (Wildman–Crippen LogP) is 4.53. The molecule has 0 aromatic heterocycles. The predicted molar refractivity (Wildman–Crippen MR) is 170 cm³/mol. The third-order valence-electron chi connectivity index (χ3n) is 6.72. The first-order valence-electron chi connectivity index (χ1n) is 15.4. The van der Waals surface area contributed by atoms with Crippen molar-refractivity contribution in [2.24, 2.45) is 11.5 Å². The number of unbranched alkanes of at least 4 members (excludes halogenated alkanes) is 14. The number of nitrogens with one attached hydrogen (secondary N) is 2. The number of esters is 1. The number of ether oxygens (including phenoxy) is 1. The zero-order valence-electron chi connectivity index (χ0n) is 25.2. The molecular formula is C29H56N4O6S2. The summed E-state index contributed by atoms with van der Waals surface area (Å²) in [4.78, 5) is 48.4. The van der Waals surface area contributed by atoms with Crippen LogP contribution < -0.4 is 22.1 Å². The molecule has 2 amide bonds. The summed E-state index contributed by atoms with van der Waals surface area (Å²) in [5.74, 6) is -1.73. The highest BCUT2D eigenvalue weighted by Gasteiger charge is 2.23. The van der Waals surface area contributed by atoms with Crippen LogP contribution in [-0.2, 0) is 23.9 Å². The van der Waals surface area contributed by atoms with E-state index in [4.69, 9.17) is 16.2 Å². The molecule has 0 aliphatic rings. The highest BCUT2D eigenvalue weighted by Crippen LogP contribution is 2.23. The summed E-state index contributed by atoms with van der Waals surface area (Å²) in [5.41, 5.74) is 11.0. The van der Waals surface area contributed by atoms with Gasteiger partial charge in [0.05, 0.1) is 7.11 Å². The second kappa shape index (κ2) is 28.6. The molecule has 0 aliphatic heterocycles. The van der Waals surface area contributed by atoms with E-state index in [-0.39, 0.29) is 23.3 Å². The number of nitrogens with two attached hydrogens (primary N) is 2. The Kier molecular flexibility index (Phi) is 27.6. The summed E-state index contributed by atoms with van der Waals surface area (Å²) < 4.78 is 4.82. The molecule has 240 valence electrons. The lowest BCUT2D eigenvalue weighted by Crippen LogP contribution is -2.43. The average Bonchev–Trinajstić information content (AvgIpc) is 2.95. The fraction of sp³-hybridized carbons (Fsp3) is 0.862. The summed E-state index contributed by atoms with van der Waals surface area (Å²) in [7, 11) is 3.78. The number of hydrogen-bond donors (Lipinski definition) is 5. The molecule has 0 aliphatic carbocycles. The molecule has 0 fully saturated rings. The molecule has 0 heterocycles. The topological polar surface area (TPSA) is 174 Å². The molecule has 0 spiro atoms. The van der Waals surface area contributed by atoms with Gasteiger partial charge in [0.25, 0.3) is 0 Å². The van der Waals surface area contributed by atoms with E-state index in [1.54, 1.807) is 0 Å². The van der Waals surface area contributed by atoms with Crippen LogP contribution in [0.1, 0.15) is 116 Å². The summed E-state index contributed by atoms with van der Waals surface area (Å²) >= 11 is 0. The van der Waals surface area contributed by atoms with E-state index in [2.05, 4.69) is 10.6 Å². The number of hydrogen-bond acceptors (Lipinski definition) is 9. The van der Waals surface area contributed by atoms with E-state index in [0.29, 0.717) is 12.8 Å². The van der Waals surface area contributed by atoms with Gasteiger partial charge in [-0.3, -0.25) is 9.59 Å². The fourth-order valence-corrected chi connectivity index (χ4v) is 6.54. The van der Waals surface area contributed by atoms with Gasteiger partial charge in [-0.2, -0.15) is 0 Å². The van der Waals surface area contributed by atoms with Gasteiger partial charge in [0, 0.05) is 24.3 Å². The van der Waals surface area contributed by atoms with Gasteiger partial charge in [0.15, 0.2) is 0 Å². The van der Waals surface area contributed by atoms with Crippen LogP contribution in [0.3, 0.4) is 0 Å². The Bertz CT molecular complexity index is 702. The molecule has 7 N–H and O–H groups in total. The number of carbonyl (C=O) groups excluding carboxylic acids is 3. The molecule has 0 bridgehead atoms. The molecule has 0 aromatic carbocycles. The summed E-state index contributed by atoms with van der Waals surface area (Å²) in [6.45, 7) is 1.49. The largest absolute Gasteiger partial charge is 0.480 e. The van der Waals surface area contributed by atoms with Crippen LogP contribution >= 0.6 is 21.6 Å². The van der Waals surface area contributed by atoms with E-state index in [1.165, 1.54) is 67.2 Å². The standard InChI is InChI=1S/C29H56N4O6S2/c1-39-29(38)25(33-27(35)19-15-11-7-3-5-9-13-17-21-31)23-41-40-22-24(28(36)37)32-26(34)18-14-10-6-2-4-8-12-16-20-30/h24-25H,2-23,30-31H2,1H3,(H,32,34)(H,33,35)(H,36,37).